The second-order valence-electron chi connectivity index (χ2n) is 5.49. The van der Waals surface area contributed by atoms with E-state index in [2.05, 4.69) is 5.32 Å². The Kier molecular flexibility index (Phi) is 4.34. The van der Waals surface area contributed by atoms with Crippen molar-refractivity contribution in [2.45, 2.75) is 25.7 Å². The average Bonchev–Trinajstić information content (AvgIpc) is 2.54. The molecule has 1 aliphatic rings. The lowest BCUT2D eigenvalue weighted by Crippen LogP contribution is -2.14. The molecule has 0 unspecified atom stereocenters. The van der Waals surface area contributed by atoms with Gasteiger partial charge in [-0.05, 0) is 73.2 Å². The number of benzene rings is 2. The first-order valence-electron chi connectivity index (χ1n) is 7.44. The Labute approximate surface area is 135 Å². The lowest BCUT2D eigenvalue weighted by atomic mass is 9.91. The van der Waals surface area contributed by atoms with Crippen molar-refractivity contribution in [3.05, 3.63) is 58.1 Å². The molecule has 1 N–H and O–H groups in total. The Morgan fingerprint density at radius 3 is 2.36 bits per heavy atom. The Morgan fingerprint density at radius 1 is 1.09 bits per heavy atom. The van der Waals surface area contributed by atoms with Crippen LogP contribution in [0.4, 0.5) is 5.69 Å². The van der Waals surface area contributed by atoms with E-state index in [9.17, 15) is 4.79 Å². The number of rotatable bonds is 3. The maximum absolute atomic E-state index is 12.4. The van der Waals surface area contributed by atoms with E-state index in [-0.39, 0.29) is 5.91 Å². The number of halogens is 1. The van der Waals surface area contributed by atoms with Crippen LogP contribution in [0.2, 0.25) is 5.02 Å². The van der Waals surface area contributed by atoms with Gasteiger partial charge >= 0.3 is 0 Å². The number of fused-ring (bicyclic) bond motifs is 1. The highest BCUT2D eigenvalue weighted by Gasteiger charge is 2.16. The lowest BCUT2D eigenvalue weighted by molar-refractivity contribution is 0.102. The molecule has 0 aromatic heterocycles. The number of carbonyl (C=O) groups is 1. The van der Waals surface area contributed by atoms with Crippen LogP contribution < -0.4 is 10.1 Å². The van der Waals surface area contributed by atoms with Gasteiger partial charge in [0, 0.05) is 10.6 Å². The molecule has 1 aliphatic carbocycles. The van der Waals surface area contributed by atoms with Crippen molar-refractivity contribution >= 4 is 23.2 Å². The van der Waals surface area contributed by atoms with Gasteiger partial charge in [-0.15, -0.1) is 0 Å². The number of carbonyl (C=O) groups excluding carboxylic acids is 1. The van der Waals surface area contributed by atoms with Crippen LogP contribution in [0.1, 0.15) is 34.3 Å². The summed E-state index contributed by atoms with van der Waals surface area (Å²) in [7, 11) is 1.63. The molecular formula is C18H18ClNO2. The van der Waals surface area contributed by atoms with Crippen LogP contribution in [0.5, 0.6) is 5.75 Å². The molecule has 2 aromatic rings. The number of anilines is 1. The van der Waals surface area contributed by atoms with Crippen LogP contribution in [0.25, 0.3) is 0 Å². The van der Waals surface area contributed by atoms with Crippen molar-refractivity contribution in [1.29, 1.82) is 0 Å². The van der Waals surface area contributed by atoms with Gasteiger partial charge in [-0.2, -0.15) is 0 Å². The summed E-state index contributed by atoms with van der Waals surface area (Å²) in [5.74, 6) is 0.550. The molecule has 0 aliphatic heterocycles. The fourth-order valence-corrected chi connectivity index (χ4v) is 2.95. The summed E-state index contributed by atoms with van der Waals surface area (Å²) in [6.45, 7) is 0. The average molecular weight is 316 g/mol. The van der Waals surface area contributed by atoms with E-state index in [1.54, 1.807) is 31.4 Å². The highest BCUT2D eigenvalue weighted by Crippen LogP contribution is 2.32. The van der Waals surface area contributed by atoms with Gasteiger partial charge in [0.25, 0.3) is 5.91 Å². The third-order valence-corrected chi connectivity index (χ3v) is 4.27. The number of amides is 1. The third kappa shape index (κ3) is 3.09. The smallest absolute Gasteiger partial charge is 0.255 e. The molecule has 0 bridgehead atoms. The highest BCUT2D eigenvalue weighted by molar-refractivity contribution is 6.30. The number of methoxy groups -OCH3 is 1. The standard InChI is InChI=1S/C18H18ClNO2/c1-22-17-11-14-5-3-2-4-13(14)10-16(17)20-18(21)12-6-8-15(19)9-7-12/h6-11H,2-5H2,1H3,(H,20,21). The first-order chi connectivity index (χ1) is 10.7. The number of aryl methyl sites for hydroxylation is 2. The number of ether oxygens (including phenoxy) is 1. The van der Waals surface area contributed by atoms with E-state index in [0.29, 0.717) is 16.3 Å². The van der Waals surface area contributed by atoms with Crippen LogP contribution in [0, 0.1) is 0 Å². The molecule has 0 heterocycles. The minimum Gasteiger partial charge on any atom is -0.495 e. The molecule has 2 aromatic carbocycles. The van der Waals surface area contributed by atoms with Crippen LogP contribution >= 0.6 is 11.6 Å². The molecule has 0 saturated heterocycles. The summed E-state index contributed by atoms with van der Waals surface area (Å²) in [6.07, 6.45) is 4.55. The second kappa shape index (κ2) is 6.41. The normalized spacial score (nSPS) is 13.4. The maximum Gasteiger partial charge on any atom is 0.255 e. The van der Waals surface area contributed by atoms with Gasteiger partial charge in [0.1, 0.15) is 5.75 Å². The molecule has 0 fully saturated rings. The first kappa shape index (κ1) is 14.9. The van der Waals surface area contributed by atoms with Crippen LogP contribution in [-0.4, -0.2) is 13.0 Å². The van der Waals surface area contributed by atoms with Crippen LogP contribution in [0.15, 0.2) is 36.4 Å². The summed E-state index contributed by atoms with van der Waals surface area (Å²) >= 11 is 5.85. The predicted molar refractivity (Wildman–Crippen MR) is 89.0 cm³/mol. The SMILES string of the molecule is COc1cc2c(cc1NC(=O)c1ccc(Cl)cc1)CCCC2. The molecule has 0 saturated carbocycles. The maximum atomic E-state index is 12.4. The van der Waals surface area contributed by atoms with Gasteiger partial charge < -0.3 is 10.1 Å². The molecule has 0 spiro atoms. The fourth-order valence-electron chi connectivity index (χ4n) is 2.83. The van der Waals surface area contributed by atoms with Gasteiger partial charge in [0.15, 0.2) is 0 Å². The zero-order valence-corrected chi connectivity index (χ0v) is 13.2. The molecule has 3 nitrogen and oxygen atoms in total. The van der Waals surface area contributed by atoms with E-state index in [4.69, 9.17) is 16.3 Å². The van der Waals surface area contributed by atoms with E-state index < -0.39 is 0 Å². The molecule has 0 atom stereocenters. The Bertz CT molecular complexity index is 695. The monoisotopic (exact) mass is 315 g/mol. The molecule has 0 radical (unpaired) electrons. The zero-order valence-electron chi connectivity index (χ0n) is 12.5. The summed E-state index contributed by atoms with van der Waals surface area (Å²) < 4.78 is 5.43. The van der Waals surface area contributed by atoms with E-state index in [1.165, 1.54) is 24.0 Å². The van der Waals surface area contributed by atoms with E-state index in [0.717, 1.165) is 18.5 Å². The number of hydrogen-bond donors (Lipinski definition) is 1. The van der Waals surface area contributed by atoms with E-state index >= 15 is 0 Å². The van der Waals surface area contributed by atoms with Crippen LogP contribution in [-0.2, 0) is 12.8 Å². The van der Waals surface area contributed by atoms with Crippen molar-refractivity contribution in [3.8, 4) is 5.75 Å². The molecular weight excluding hydrogens is 298 g/mol. The summed E-state index contributed by atoms with van der Waals surface area (Å²) in [5.41, 5.74) is 3.93. The largest absolute Gasteiger partial charge is 0.495 e. The topological polar surface area (TPSA) is 38.3 Å². The lowest BCUT2D eigenvalue weighted by Gasteiger charge is -2.19. The van der Waals surface area contributed by atoms with Gasteiger partial charge in [-0.25, -0.2) is 0 Å². The Hall–Kier alpha value is -2.00. The van der Waals surface area contributed by atoms with Crippen molar-refractivity contribution in [3.63, 3.8) is 0 Å². The fraction of sp³-hybridized carbons (Fsp3) is 0.278. The second-order valence-corrected chi connectivity index (χ2v) is 5.93. The van der Waals surface area contributed by atoms with Gasteiger partial charge in [-0.3, -0.25) is 4.79 Å². The van der Waals surface area contributed by atoms with Crippen molar-refractivity contribution in [2.24, 2.45) is 0 Å². The predicted octanol–water partition coefficient (Wildman–Crippen LogP) is 4.48. The molecule has 1 amide bonds. The van der Waals surface area contributed by atoms with Gasteiger partial charge in [-0.1, -0.05) is 11.6 Å². The third-order valence-electron chi connectivity index (χ3n) is 4.02. The van der Waals surface area contributed by atoms with E-state index in [1.807, 2.05) is 12.1 Å². The van der Waals surface area contributed by atoms with Gasteiger partial charge in [0.05, 0.1) is 12.8 Å². The number of nitrogens with one attached hydrogen (secondary N) is 1. The summed E-state index contributed by atoms with van der Waals surface area (Å²) in [4.78, 5) is 12.4. The zero-order chi connectivity index (χ0) is 15.5. The summed E-state index contributed by atoms with van der Waals surface area (Å²) in [5, 5.41) is 3.55. The minimum atomic E-state index is -0.161. The molecule has 3 rings (SSSR count). The van der Waals surface area contributed by atoms with Crippen LogP contribution in [0.3, 0.4) is 0 Å². The van der Waals surface area contributed by atoms with Crippen molar-refractivity contribution < 1.29 is 9.53 Å². The molecule has 114 valence electrons. The summed E-state index contributed by atoms with van der Waals surface area (Å²) in [6, 6.07) is 10.9. The molecule has 22 heavy (non-hydrogen) atoms. The molecule has 4 heteroatoms. The van der Waals surface area contributed by atoms with Crippen molar-refractivity contribution in [1.82, 2.24) is 0 Å². The minimum absolute atomic E-state index is 0.161. The highest BCUT2D eigenvalue weighted by atomic mass is 35.5. The quantitative estimate of drug-likeness (QED) is 0.907. The number of hydrogen-bond acceptors (Lipinski definition) is 2. The Morgan fingerprint density at radius 2 is 1.73 bits per heavy atom. The Balaban J connectivity index is 1.87. The van der Waals surface area contributed by atoms with Crippen molar-refractivity contribution in [2.75, 3.05) is 12.4 Å². The first-order valence-corrected chi connectivity index (χ1v) is 7.82. The van der Waals surface area contributed by atoms with Gasteiger partial charge in [0.2, 0.25) is 0 Å².